The van der Waals surface area contributed by atoms with E-state index in [0.29, 0.717) is 18.7 Å². The molecule has 0 aliphatic heterocycles. The number of esters is 1. The Kier molecular flexibility index (Phi) is 5.33. The van der Waals surface area contributed by atoms with Gasteiger partial charge in [0.05, 0.1) is 13.5 Å². The molecule has 1 aromatic heterocycles. The van der Waals surface area contributed by atoms with Crippen molar-refractivity contribution < 1.29 is 9.53 Å². The molecular formula is C15H22N2O3S. The van der Waals surface area contributed by atoms with Gasteiger partial charge < -0.3 is 15.0 Å². The summed E-state index contributed by atoms with van der Waals surface area (Å²) in [5, 5.41) is 0. The second kappa shape index (κ2) is 7.02. The lowest BCUT2D eigenvalue weighted by atomic mass is 10.1. The highest BCUT2D eigenvalue weighted by Gasteiger charge is 2.44. The first kappa shape index (κ1) is 15.9. The summed E-state index contributed by atoms with van der Waals surface area (Å²) >= 11 is 1.85. The van der Waals surface area contributed by atoms with Crippen LogP contribution < -0.4 is 11.3 Å². The molecule has 1 heterocycles. The number of nitrogens with two attached hydrogens (primary N) is 1. The quantitative estimate of drug-likeness (QED) is 0.586. The normalized spacial score (nSPS) is 15.7. The smallest absolute Gasteiger partial charge is 0.306 e. The SMILES string of the molecule is COC(=O)CC1(CSCCCn2cc(N)ccc2=O)CC1. The van der Waals surface area contributed by atoms with Crippen LogP contribution in [0.1, 0.15) is 25.7 Å². The van der Waals surface area contributed by atoms with Crippen LogP contribution in [0.25, 0.3) is 0 Å². The van der Waals surface area contributed by atoms with E-state index in [1.54, 1.807) is 16.8 Å². The number of carbonyl (C=O) groups is 1. The number of carbonyl (C=O) groups excluding carboxylic acids is 1. The zero-order valence-electron chi connectivity index (χ0n) is 12.3. The van der Waals surface area contributed by atoms with Crippen LogP contribution in [0.2, 0.25) is 0 Å². The van der Waals surface area contributed by atoms with Gasteiger partial charge in [-0.1, -0.05) is 0 Å². The molecule has 0 amide bonds. The van der Waals surface area contributed by atoms with Crippen LogP contribution in [0, 0.1) is 5.41 Å². The first-order valence-corrected chi connectivity index (χ1v) is 8.31. The van der Waals surface area contributed by atoms with Gasteiger partial charge in [-0.05, 0) is 42.2 Å². The first-order valence-electron chi connectivity index (χ1n) is 7.15. The summed E-state index contributed by atoms with van der Waals surface area (Å²) in [5.74, 6) is 1.86. The van der Waals surface area contributed by atoms with Gasteiger partial charge in [0.1, 0.15) is 0 Å². The minimum Gasteiger partial charge on any atom is -0.469 e. The van der Waals surface area contributed by atoms with Crippen LogP contribution in [0.5, 0.6) is 0 Å². The minimum atomic E-state index is -0.112. The molecule has 0 saturated heterocycles. The molecule has 1 aliphatic rings. The van der Waals surface area contributed by atoms with E-state index in [1.807, 2.05) is 11.8 Å². The van der Waals surface area contributed by atoms with Gasteiger partial charge >= 0.3 is 5.97 Å². The standard InChI is InChI=1S/C15H22N2O3S/c1-20-14(19)9-15(5-6-15)11-21-8-2-7-17-10-12(16)3-4-13(17)18/h3-4,10H,2,5-9,11,16H2,1H3. The van der Waals surface area contributed by atoms with Gasteiger partial charge in [0, 0.05) is 24.5 Å². The summed E-state index contributed by atoms with van der Waals surface area (Å²) in [7, 11) is 1.44. The van der Waals surface area contributed by atoms with Crippen molar-refractivity contribution in [2.24, 2.45) is 5.41 Å². The zero-order valence-corrected chi connectivity index (χ0v) is 13.2. The van der Waals surface area contributed by atoms with Crippen LogP contribution >= 0.6 is 11.8 Å². The number of nitrogen functional groups attached to an aromatic ring is 1. The summed E-state index contributed by atoms with van der Waals surface area (Å²) < 4.78 is 6.39. The molecule has 1 aromatic rings. The van der Waals surface area contributed by atoms with Crippen LogP contribution in [0.3, 0.4) is 0 Å². The van der Waals surface area contributed by atoms with Gasteiger partial charge in [0.15, 0.2) is 0 Å². The Morgan fingerprint density at radius 1 is 1.48 bits per heavy atom. The number of pyridine rings is 1. The molecule has 0 atom stereocenters. The van der Waals surface area contributed by atoms with Gasteiger partial charge in [0.25, 0.3) is 5.56 Å². The number of rotatable bonds is 8. The molecule has 2 rings (SSSR count). The summed E-state index contributed by atoms with van der Waals surface area (Å²) in [6, 6.07) is 3.12. The van der Waals surface area contributed by atoms with Crippen molar-refractivity contribution in [3.05, 3.63) is 28.7 Å². The van der Waals surface area contributed by atoms with Gasteiger partial charge in [-0.3, -0.25) is 9.59 Å². The van der Waals surface area contributed by atoms with Crippen LogP contribution in [-0.4, -0.2) is 29.2 Å². The van der Waals surface area contributed by atoms with E-state index in [2.05, 4.69) is 0 Å². The fourth-order valence-corrected chi connectivity index (χ4v) is 3.58. The van der Waals surface area contributed by atoms with Crippen molar-refractivity contribution in [3.8, 4) is 0 Å². The Morgan fingerprint density at radius 3 is 2.90 bits per heavy atom. The number of hydrogen-bond acceptors (Lipinski definition) is 5. The lowest BCUT2D eigenvalue weighted by Crippen LogP contribution is -2.19. The van der Waals surface area contributed by atoms with Crippen LogP contribution in [0.4, 0.5) is 5.69 Å². The minimum absolute atomic E-state index is 0.0152. The van der Waals surface area contributed by atoms with Crippen molar-refractivity contribution in [2.75, 3.05) is 24.3 Å². The lowest BCUT2D eigenvalue weighted by Gasteiger charge is -2.13. The number of methoxy groups -OCH3 is 1. The number of ether oxygens (including phenoxy) is 1. The molecule has 2 N–H and O–H groups in total. The van der Waals surface area contributed by atoms with Crippen molar-refractivity contribution in [1.82, 2.24) is 4.57 Å². The number of thioether (sulfide) groups is 1. The van der Waals surface area contributed by atoms with E-state index in [-0.39, 0.29) is 16.9 Å². The first-order chi connectivity index (χ1) is 10.0. The summed E-state index contributed by atoms with van der Waals surface area (Å²) in [6.07, 6.45) is 5.37. The monoisotopic (exact) mass is 310 g/mol. The highest BCUT2D eigenvalue weighted by Crippen LogP contribution is 2.51. The van der Waals surface area contributed by atoms with Crippen molar-refractivity contribution >= 4 is 23.4 Å². The average Bonchev–Trinajstić information content (AvgIpc) is 3.22. The number of anilines is 1. The van der Waals surface area contributed by atoms with E-state index in [4.69, 9.17) is 10.5 Å². The maximum absolute atomic E-state index is 11.6. The largest absolute Gasteiger partial charge is 0.469 e. The van der Waals surface area contributed by atoms with Gasteiger partial charge in [-0.15, -0.1) is 0 Å². The third kappa shape index (κ3) is 4.81. The number of nitrogens with zero attached hydrogens (tertiary/aromatic N) is 1. The molecule has 0 radical (unpaired) electrons. The molecule has 0 bridgehead atoms. The fraction of sp³-hybridized carbons (Fsp3) is 0.600. The summed E-state index contributed by atoms with van der Waals surface area (Å²) in [4.78, 5) is 22.9. The Bertz CT molecular complexity index is 552. The topological polar surface area (TPSA) is 74.3 Å². The molecule has 5 nitrogen and oxygen atoms in total. The number of hydrogen-bond donors (Lipinski definition) is 1. The fourth-order valence-electron chi connectivity index (χ4n) is 2.28. The molecule has 1 saturated carbocycles. The molecule has 21 heavy (non-hydrogen) atoms. The van der Waals surface area contributed by atoms with Crippen molar-refractivity contribution in [2.45, 2.75) is 32.2 Å². The molecule has 0 spiro atoms. The van der Waals surface area contributed by atoms with E-state index < -0.39 is 0 Å². The van der Waals surface area contributed by atoms with Gasteiger partial charge in [-0.2, -0.15) is 11.8 Å². The molecule has 1 aliphatic carbocycles. The third-order valence-corrected chi connectivity index (χ3v) is 5.20. The maximum atomic E-state index is 11.6. The zero-order chi connectivity index (χ0) is 15.3. The maximum Gasteiger partial charge on any atom is 0.306 e. The van der Waals surface area contributed by atoms with Crippen LogP contribution in [-0.2, 0) is 16.1 Å². The van der Waals surface area contributed by atoms with Crippen molar-refractivity contribution in [1.29, 1.82) is 0 Å². The highest BCUT2D eigenvalue weighted by molar-refractivity contribution is 7.99. The second-order valence-corrected chi connectivity index (χ2v) is 6.76. The molecule has 0 aromatic carbocycles. The average molecular weight is 310 g/mol. The predicted octanol–water partition coefficient (Wildman–Crippen LogP) is 1.90. The summed E-state index contributed by atoms with van der Waals surface area (Å²) in [6.45, 7) is 0.681. The van der Waals surface area contributed by atoms with E-state index in [0.717, 1.165) is 30.8 Å². The summed E-state index contributed by atoms with van der Waals surface area (Å²) in [5.41, 5.74) is 6.44. The lowest BCUT2D eigenvalue weighted by molar-refractivity contribution is -0.141. The molecular weight excluding hydrogens is 288 g/mol. The molecule has 6 heteroatoms. The van der Waals surface area contributed by atoms with E-state index >= 15 is 0 Å². The third-order valence-electron chi connectivity index (χ3n) is 3.81. The van der Waals surface area contributed by atoms with Crippen LogP contribution in [0.15, 0.2) is 23.1 Å². The Morgan fingerprint density at radius 2 is 2.24 bits per heavy atom. The predicted molar refractivity (Wildman–Crippen MR) is 85.4 cm³/mol. The van der Waals surface area contributed by atoms with E-state index in [9.17, 15) is 9.59 Å². The number of aryl methyl sites for hydroxylation is 1. The molecule has 0 unspecified atom stereocenters. The Hall–Kier alpha value is -1.43. The Balaban J connectivity index is 1.67. The Labute approximate surface area is 128 Å². The van der Waals surface area contributed by atoms with Gasteiger partial charge in [-0.25, -0.2) is 0 Å². The number of aromatic nitrogens is 1. The van der Waals surface area contributed by atoms with Gasteiger partial charge in [0.2, 0.25) is 0 Å². The van der Waals surface area contributed by atoms with E-state index in [1.165, 1.54) is 13.2 Å². The highest BCUT2D eigenvalue weighted by atomic mass is 32.2. The van der Waals surface area contributed by atoms with Crippen molar-refractivity contribution in [3.63, 3.8) is 0 Å². The molecule has 1 fully saturated rings. The second-order valence-electron chi connectivity index (χ2n) is 5.65. The molecule has 116 valence electrons.